The zero-order chi connectivity index (χ0) is 19.7. The molecule has 144 valence electrons. The van der Waals surface area contributed by atoms with Gasteiger partial charge in [-0.1, -0.05) is 12.1 Å². The molecule has 0 saturated heterocycles. The van der Waals surface area contributed by atoms with Gasteiger partial charge in [-0.05, 0) is 42.3 Å². The minimum Gasteiger partial charge on any atom is -0.497 e. The number of aromatic nitrogens is 4. The van der Waals surface area contributed by atoms with Crippen molar-refractivity contribution in [2.24, 2.45) is 0 Å². The summed E-state index contributed by atoms with van der Waals surface area (Å²) in [4.78, 5) is 9.15. The summed E-state index contributed by atoms with van der Waals surface area (Å²) in [6, 6.07) is 11.7. The van der Waals surface area contributed by atoms with E-state index in [0.29, 0.717) is 35.2 Å². The van der Waals surface area contributed by atoms with E-state index in [4.69, 9.17) is 14.5 Å². The summed E-state index contributed by atoms with van der Waals surface area (Å²) in [5.74, 6) is 2.30. The van der Waals surface area contributed by atoms with Gasteiger partial charge in [-0.2, -0.15) is 4.52 Å². The standard InChI is InChI=1S/C20H21N5O3/c1-12-7-13(9-14(8-12)27-2)10-21-20-23-18-15(5-4-6-16(18)28-3)19-22-17(11-26)24-25(19)20/h4-9,26H,10-11H2,1-3H3,(H,21,23). The lowest BCUT2D eigenvalue weighted by Crippen LogP contribution is -2.09. The van der Waals surface area contributed by atoms with Gasteiger partial charge in [-0.25, -0.2) is 9.97 Å². The van der Waals surface area contributed by atoms with Gasteiger partial charge in [-0.3, -0.25) is 0 Å². The predicted molar refractivity (Wildman–Crippen MR) is 106 cm³/mol. The Morgan fingerprint density at radius 3 is 2.71 bits per heavy atom. The maximum absolute atomic E-state index is 9.48. The lowest BCUT2D eigenvalue weighted by molar-refractivity contribution is 0.271. The van der Waals surface area contributed by atoms with E-state index in [1.54, 1.807) is 18.7 Å². The van der Waals surface area contributed by atoms with Crippen molar-refractivity contribution in [1.82, 2.24) is 19.6 Å². The van der Waals surface area contributed by atoms with Crippen LogP contribution in [0.25, 0.3) is 16.6 Å². The summed E-state index contributed by atoms with van der Waals surface area (Å²) in [6.45, 7) is 2.30. The number of ether oxygens (including phenoxy) is 2. The van der Waals surface area contributed by atoms with Gasteiger partial charge >= 0.3 is 0 Å². The van der Waals surface area contributed by atoms with Crippen LogP contribution in [-0.4, -0.2) is 38.9 Å². The fourth-order valence-corrected chi connectivity index (χ4v) is 3.22. The van der Waals surface area contributed by atoms with Crippen molar-refractivity contribution in [3.05, 3.63) is 53.3 Å². The number of hydrogen-bond donors (Lipinski definition) is 2. The average molecular weight is 379 g/mol. The van der Waals surface area contributed by atoms with Gasteiger partial charge < -0.3 is 19.9 Å². The lowest BCUT2D eigenvalue weighted by atomic mass is 10.1. The number of aryl methyl sites for hydroxylation is 1. The fourth-order valence-electron chi connectivity index (χ4n) is 3.22. The van der Waals surface area contributed by atoms with Crippen LogP contribution in [0.5, 0.6) is 11.5 Å². The topological polar surface area (TPSA) is 93.8 Å². The molecule has 28 heavy (non-hydrogen) atoms. The highest BCUT2D eigenvalue weighted by molar-refractivity contribution is 5.95. The molecular weight excluding hydrogens is 358 g/mol. The van der Waals surface area contributed by atoms with E-state index in [9.17, 15) is 5.11 Å². The van der Waals surface area contributed by atoms with E-state index in [0.717, 1.165) is 22.3 Å². The molecule has 0 unspecified atom stereocenters. The minimum absolute atomic E-state index is 0.248. The largest absolute Gasteiger partial charge is 0.497 e. The molecule has 0 aliphatic heterocycles. The molecule has 0 spiro atoms. The quantitative estimate of drug-likeness (QED) is 0.532. The Kier molecular flexibility index (Phi) is 4.70. The van der Waals surface area contributed by atoms with E-state index in [1.165, 1.54) is 0 Å². The zero-order valence-electron chi connectivity index (χ0n) is 15.9. The van der Waals surface area contributed by atoms with E-state index in [1.807, 2.05) is 37.3 Å². The van der Waals surface area contributed by atoms with Crippen molar-refractivity contribution >= 4 is 22.5 Å². The third-order valence-corrected chi connectivity index (χ3v) is 4.47. The van der Waals surface area contributed by atoms with Gasteiger partial charge in [0.2, 0.25) is 5.95 Å². The Morgan fingerprint density at radius 1 is 1.11 bits per heavy atom. The highest BCUT2D eigenvalue weighted by Crippen LogP contribution is 2.28. The molecule has 0 atom stereocenters. The molecule has 8 heteroatoms. The van der Waals surface area contributed by atoms with Crippen LogP contribution in [0.15, 0.2) is 36.4 Å². The van der Waals surface area contributed by atoms with E-state index in [2.05, 4.69) is 21.5 Å². The summed E-state index contributed by atoms with van der Waals surface area (Å²) in [7, 11) is 3.26. The van der Waals surface area contributed by atoms with Crippen molar-refractivity contribution in [2.45, 2.75) is 20.1 Å². The van der Waals surface area contributed by atoms with E-state index in [-0.39, 0.29) is 6.61 Å². The fraction of sp³-hybridized carbons (Fsp3) is 0.250. The van der Waals surface area contributed by atoms with Crippen molar-refractivity contribution in [3.63, 3.8) is 0 Å². The number of anilines is 1. The molecule has 0 fully saturated rings. The maximum Gasteiger partial charge on any atom is 0.226 e. The van der Waals surface area contributed by atoms with E-state index < -0.39 is 0 Å². The third-order valence-electron chi connectivity index (χ3n) is 4.47. The van der Waals surface area contributed by atoms with Crippen molar-refractivity contribution < 1.29 is 14.6 Å². The second-order valence-electron chi connectivity index (χ2n) is 6.43. The van der Waals surface area contributed by atoms with Crippen LogP contribution in [0.1, 0.15) is 17.0 Å². The Morgan fingerprint density at radius 2 is 1.96 bits per heavy atom. The highest BCUT2D eigenvalue weighted by atomic mass is 16.5. The summed E-state index contributed by atoms with van der Waals surface area (Å²) in [5.41, 5.74) is 3.45. The van der Waals surface area contributed by atoms with Crippen LogP contribution in [0, 0.1) is 6.92 Å². The minimum atomic E-state index is -0.248. The van der Waals surface area contributed by atoms with Gasteiger partial charge in [-0.15, -0.1) is 5.10 Å². The number of para-hydroxylation sites is 1. The van der Waals surface area contributed by atoms with Crippen LogP contribution in [0.2, 0.25) is 0 Å². The molecule has 2 aromatic carbocycles. The van der Waals surface area contributed by atoms with Gasteiger partial charge in [0, 0.05) is 11.9 Å². The van der Waals surface area contributed by atoms with Crippen LogP contribution < -0.4 is 14.8 Å². The smallest absolute Gasteiger partial charge is 0.226 e. The SMILES string of the molecule is COc1cc(C)cc(CNc2nc3c(OC)cccc3c3nc(CO)nn23)c1. The van der Waals surface area contributed by atoms with Gasteiger partial charge in [0.25, 0.3) is 0 Å². The number of hydrogen-bond acceptors (Lipinski definition) is 7. The number of fused-ring (bicyclic) bond motifs is 3. The lowest BCUT2D eigenvalue weighted by Gasteiger charge is -2.12. The second kappa shape index (κ2) is 7.32. The molecule has 4 rings (SSSR count). The summed E-state index contributed by atoms with van der Waals surface area (Å²) in [5, 5.41) is 18.0. The Hall–Kier alpha value is -3.39. The van der Waals surface area contributed by atoms with Crippen molar-refractivity contribution in [1.29, 1.82) is 0 Å². The number of nitrogens with zero attached hydrogens (tertiary/aromatic N) is 4. The summed E-state index contributed by atoms with van der Waals surface area (Å²) in [6.07, 6.45) is 0. The molecule has 8 nitrogen and oxygen atoms in total. The normalized spacial score (nSPS) is 11.1. The number of methoxy groups -OCH3 is 2. The molecule has 0 aliphatic carbocycles. The molecule has 2 aromatic heterocycles. The van der Waals surface area contributed by atoms with Gasteiger partial charge in [0.1, 0.15) is 23.6 Å². The zero-order valence-corrected chi connectivity index (χ0v) is 15.9. The number of benzene rings is 2. The van der Waals surface area contributed by atoms with Crippen LogP contribution in [0.3, 0.4) is 0 Å². The molecule has 2 heterocycles. The van der Waals surface area contributed by atoms with Crippen LogP contribution in [0.4, 0.5) is 5.95 Å². The van der Waals surface area contributed by atoms with Gasteiger partial charge in [0.15, 0.2) is 11.5 Å². The molecular formula is C20H21N5O3. The first-order chi connectivity index (χ1) is 13.6. The number of aliphatic hydroxyl groups excluding tert-OH is 1. The first-order valence-corrected chi connectivity index (χ1v) is 8.84. The molecule has 4 aromatic rings. The van der Waals surface area contributed by atoms with Crippen LogP contribution >= 0.6 is 0 Å². The number of rotatable bonds is 6. The Labute approximate surface area is 161 Å². The Balaban J connectivity index is 1.80. The predicted octanol–water partition coefficient (Wildman–Crippen LogP) is 2.71. The molecule has 2 N–H and O–H groups in total. The number of nitrogens with one attached hydrogen (secondary N) is 1. The first-order valence-electron chi connectivity index (χ1n) is 8.84. The third kappa shape index (κ3) is 3.18. The molecule has 0 amide bonds. The second-order valence-corrected chi connectivity index (χ2v) is 6.43. The summed E-state index contributed by atoms with van der Waals surface area (Å²) >= 11 is 0. The molecule has 0 radical (unpaired) electrons. The average Bonchev–Trinajstić information content (AvgIpc) is 3.16. The van der Waals surface area contributed by atoms with Crippen molar-refractivity contribution in [3.8, 4) is 11.5 Å². The van der Waals surface area contributed by atoms with E-state index >= 15 is 0 Å². The first kappa shape index (κ1) is 18.0. The Bertz CT molecular complexity index is 1160. The molecule has 0 bridgehead atoms. The molecule has 0 saturated carbocycles. The van der Waals surface area contributed by atoms with Crippen molar-refractivity contribution in [2.75, 3.05) is 19.5 Å². The summed E-state index contributed by atoms with van der Waals surface area (Å²) < 4.78 is 12.4. The monoisotopic (exact) mass is 379 g/mol. The highest BCUT2D eigenvalue weighted by Gasteiger charge is 2.15. The number of aliphatic hydroxyl groups is 1. The van der Waals surface area contributed by atoms with Crippen LogP contribution in [-0.2, 0) is 13.2 Å². The van der Waals surface area contributed by atoms with Gasteiger partial charge in [0.05, 0.1) is 14.2 Å². The molecule has 0 aliphatic rings. The maximum atomic E-state index is 9.48.